The number of hydrogen-bond donors (Lipinski definition) is 0. The Kier molecular flexibility index (Phi) is 6.26. The molecule has 5 nitrogen and oxygen atoms in total. The van der Waals surface area contributed by atoms with Crippen LogP contribution < -0.4 is 0 Å². The van der Waals surface area contributed by atoms with Crippen molar-refractivity contribution < 1.29 is 4.79 Å². The average Bonchev–Trinajstić information content (AvgIpc) is 3.04. The maximum atomic E-state index is 12.2. The van der Waals surface area contributed by atoms with E-state index in [0.717, 1.165) is 40.6 Å². The molecule has 0 spiro atoms. The molecule has 1 amide bonds. The molecule has 1 aliphatic heterocycles. The summed E-state index contributed by atoms with van der Waals surface area (Å²) in [6, 6.07) is 1.87. The van der Waals surface area contributed by atoms with Crippen molar-refractivity contribution >= 4 is 40.0 Å². The number of carbonyl (C=O) groups is 1. The summed E-state index contributed by atoms with van der Waals surface area (Å²) in [5.74, 6) is 0.164. The molecule has 0 unspecified atom stereocenters. The molecule has 0 bridgehead atoms. The monoisotopic (exact) mass is 418 g/mol. The summed E-state index contributed by atoms with van der Waals surface area (Å²) in [4.78, 5) is 22.4. The SMILES string of the molecule is CC.CCC(=O)N1CCc2c(c3c(-c4cncnc4)cc(Cl)c(Cl)c3n2C)C1. The third-order valence-electron chi connectivity index (χ3n) is 5.08. The topological polar surface area (TPSA) is 51.0 Å². The number of aromatic nitrogens is 3. The molecule has 3 aromatic rings. The van der Waals surface area contributed by atoms with Crippen LogP contribution in [0, 0.1) is 0 Å². The minimum atomic E-state index is 0.164. The van der Waals surface area contributed by atoms with Crippen molar-refractivity contribution in [1.29, 1.82) is 0 Å². The van der Waals surface area contributed by atoms with Gasteiger partial charge < -0.3 is 9.47 Å². The Morgan fingerprint density at radius 3 is 2.54 bits per heavy atom. The molecule has 3 heterocycles. The van der Waals surface area contributed by atoms with Crippen molar-refractivity contribution in [2.45, 2.75) is 40.2 Å². The summed E-state index contributed by atoms with van der Waals surface area (Å²) in [5.41, 5.74) is 5.05. The number of carbonyl (C=O) groups excluding carboxylic acids is 1. The van der Waals surface area contributed by atoms with E-state index < -0.39 is 0 Å². The first-order valence-electron chi connectivity index (χ1n) is 9.54. The van der Waals surface area contributed by atoms with E-state index in [4.69, 9.17) is 23.2 Å². The fourth-order valence-electron chi connectivity index (χ4n) is 3.82. The first kappa shape index (κ1) is 20.6. The molecule has 0 radical (unpaired) electrons. The molecule has 0 saturated carbocycles. The van der Waals surface area contributed by atoms with Gasteiger partial charge in [-0.2, -0.15) is 0 Å². The number of fused-ring (bicyclic) bond motifs is 3. The molecule has 28 heavy (non-hydrogen) atoms. The Hall–Kier alpha value is -2.11. The van der Waals surface area contributed by atoms with Crippen LogP contribution in [0.1, 0.15) is 38.4 Å². The zero-order chi connectivity index (χ0) is 20.4. The number of rotatable bonds is 2. The number of hydrogen-bond acceptors (Lipinski definition) is 3. The second-order valence-corrected chi connectivity index (χ2v) is 7.26. The molecule has 0 aliphatic carbocycles. The molecule has 1 aromatic carbocycles. The van der Waals surface area contributed by atoms with Gasteiger partial charge in [0, 0.05) is 67.6 Å². The zero-order valence-corrected chi connectivity index (χ0v) is 18.1. The minimum absolute atomic E-state index is 0.164. The van der Waals surface area contributed by atoms with Crippen LogP contribution in [0.25, 0.3) is 22.0 Å². The van der Waals surface area contributed by atoms with Gasteiger partial charge in [0.25, 0.3) is 0 Å². The molecule has 148 valence electrons. The van der Waals surface area contributed by atoms with Crippen LogP contribution in [-0.4, -0.2) is 31.9 Å². The van der Waals surface area contributed by atoms with E-state index in [-0.39, 0.29) is 5.91 Å². The van der Waals surface area contributed by atoms with E-state index in [1.165, 1.54) is 12.0 Å². The largest absolute Gasteiger partial charge is 0.346 e. The Morgan fingerprint density at radius 1 is 1.21 bits per heavy atom. The highest BCUT2D eigenvalue weighted by Crippen LogP contribution is 2.43. The normalized spacial score (nSPS) is 13.1. The fraction of sp³-hybridized carbons (Fsp3) is 0.381. The number of halogens is 2. The maximum absolute atomic E-state index is 12.2. The third-order valence-corrected chi connectivity index (χ3v) is 5.86. The summed E-state index contributed by atoms with van der Waals surface area (Å²) in [6.07, 6.45) is 6.34. The number of amides is 1. The zero-order valence-electron chi connectivity index (χ0n) is 16.6. The van der Waals surface area contributed by atoms with Gasteiger partial charge in [-0.05, 0) is 11.6 Å². The van der Waals surface area contributed by atoms with Gasteiger partial charge in [-0.1, -0.05) is 44.0 Å². The summed E-state index contributed by atoms with van der Waals surface area (Å²) < 4.78 is 2.11. The Morgan fingerprint density at radius 2 is 1.89 bits per heavy atom. The van der Waals surface area contributed by atoms with Crippen molar-refractivity contribution in [2.75, 3.05) is 6.54 Å². The number of nitrogens with zero attached hydrogens (tertiary/aromatic N) is 4. The van der Waals surface area contributed by atoms with E-state index in [1.54, 1.807) is 12.4 Å². The van der Waals surface area contributed by atoms with Gasteiger partial charge in [0.15, 0.2) is 0 Å². The fourth-order valence-corrected chi connectivity index (χ4v) is 4.29. The van der Waals surface area contributed by atoms with E-state index >= 15 is 0 Å². The molecular weight excluding hydrogens is 395 g/mol. The van der Waals surface area contributed by atoms with Gasteiger partial charge in [0.1, 0.15) is 6.33 Å². The molecule has 0 atom stereocenters. The van der Waals surface area contributed by atoms with E-state index in [0.29, 0.717) is 23.0 Å². The van der Waals surface area contributed by atoms with Crippen LogP contribution in [0.2, 0.25) is 10.0 Å². The van der Waals surface area contributed by atoms with Gasteiger partial charge in [-0.15, -0.1) is 0 Å². The van der Waals surface area contributed by atoms with E-state index in [1.807, 2.05) is 38.8 Å². The van der Waals surface area contributed by atoms with Crippen LogP contribution in [0.3, 0.4) is 0 Å². The van der Waals surface area contributed by atoms with Gasteiger partial charge in [0.05, 0.1) is 15.6 Å². The molecular formula is C21H24Cl2N4O. The highest BCUT2D eigenvalue weighted by atomic mass is 35.5. The van der Waals surface area contributed by atoms with Crippen LogP contribution in [-0.2, 0) is 24.8 Å². The minimum Gasteiger partial charge on any atom is -0.346 e. The summed E-state index contributed by atoms with van der Waals surface area (Å²) >= 11 is 13.0. The van der Waals surface area contributed by atoms with E-state index in [9.17, 15) is 4.79 Å². The van der Waals surface area contributed by atoms with Gasteiger partial charge in [-0.3, -0.25) is 4.79 Å². The maximum Gasteiger partial charge on any atom is 0.222 e. The van der Waals surface area contributed by atoms with Crippen molar-refractivity contribution in [2.24, 2.45) is 7.05 Å². The number of benzene rings is 1. The average molecular weight is 419 g/mol. The summed E-state index contributed by atoms with van der Waals surface area (Å²) in [6.45, 7) is 7.20. The van der Waals surface area contributed by atoms with Crippen LogP contribution in [0.5, 0.6) is 0 Å². The lowest BCUT2D eigenvalue weighted by atomic mass is 9.97. The lowest BCUT2D eigenvalue weighted by molar-refractivity contribution is -0.131. The highest BCUT2D eigenvalue weighted by Gasteiger charge is 2.28. The van der Waals surface area contributed by atoms with Crippen molar-refractivity contribution in [3.8, 4) is 11.1 Å². The standard InChI is InChI=1S/C19H18Cl2N4O.C2H6/c1-3-16(26)25-5-4-15-13(9-25)17-12(11-7-22-10-23-8-11)6-14(20)18(21)19(17)24(15)2;1-2/h6-8,10H,3-5,9H2,1-2H3;1-2H3. The number of aryl methyl sites for hydroxylation is 1. The van der Waals surface area contributed by atoms with Crippen molar-refractivity contribution in [3.05, 3.63) is 46.1 Å². The molecule has 0 saturated heterocycles. The van der Waals surface area contributed by atoms with Crippen molar-refractivity contribution in [1.82, 2.24) is 19.4 Å². The quantitative estimate of drug-likeness (QED) is 0.569. The lowest BCUT2D eigenvalue weighted by Gasteiger charge is -2.28. The molecule has 4 rings (SSSR count). The molecule has 7 heteroatoms. The highest BCUT2D eigenvalue weighted by molar-refractivity contribution is 6.45. The lowest BCUT2D eigenvalue weighted by Crippen LogP contribution is -2.35. The third kappa shape index (κ3) is 3.38. The van der Waals surface area contributed by atoms with Gasteiger partial charge in [0.2, 0.25) is 5.91 Å². The summed E-state index contributed by atoms with van der Waals surface area (Å²) in [7, 11) is 2.01. The molecule has 1 aliphatic rings. The Bertz CT molecular complexity index is 1010. The van der Waals surface area contributed by atoms with Crippen LogP contribution >= 0.6 is 23.2 Å². The second kappa shape index (κ2) is 8.50. The summed E-state index contributed by atoms with van der Waals surface area (Å²) in [5, 5.41) is 2.06. The predicted octanol–water partition coefficient (Wildman–Crippen LogP) is 5.26. The molecule has 0 fully saturated rings. The Balaban J connectivity index is 0.00000109. The smallest absolute Gasteiger partial charge is 0.222 e. The first-order valence-corrected chi connectivity index (χ1v) is 10.3. The van der Waals surface area contributed by atoms with Gasteiger partial charge >= 0.3 is 0 Å². The van der Waals surface area contributed by atoms with E-state index in [2.05, 4.69) is 14.5 Å². The van der Waals surface area contributed by atoms with Crippen molar-refractivity contribution in [3.63, 3.8) is 0 Å². The second-order valence-electron chi connectivity index (χ2n) is 6.47. The van der Waals surface area contributed by atoms with Gasteiger partial charge in [-0.25, -0.2) is 9.97 Å². The predicted molar refractivity (Wildman–Crippen MR) is 115 cm³/mol. The van der Waals surface area contributed by atoms with Crippen LogP contribution in [0.15, 0.2) is 24.8 Å². The Labute approximate surface area is 175 Å². The first-order chi connectivity index (χ1) is 13.5. The molecule has 0 N–H and O–H groups in total. The van der Waals surface area contributed by atoms with Crippen LogP contribution in [0.4, 0.5) is 0 Å². The molecule has 2 aromatic heterocycles.